The van der Waals surface area contributed by atoms with E-state index in [0.717, 1.165) is 12.1 Å². The highest BCUT2D eigenvalue weighted by Gasteiger charge is 2.26. The van der Waals surface area contributed by atoms with Crippen molar-refractivity contribution in [2.24, 2.45) is 0 Å². The predicted molar refractivity (Wildman–Crippen MR) is 68.6 cm³/mol. The van der Waals surface area contributed by atoms with Crippen LogP contribution >= 0.6 is 11.8 Å². The van der Waals surface area contributed by atoms with Gasteiger partial charge in [0.1, 0.15) is 0 Å². The minimum Gasteiger partial charge on any atom is -0.301 e. The summed E-state index contributed by atoms with van der Waals surface area (Å²) in [6.45, 7) is 9.92. The summed E-state index contributed by atoms with van der Waals surface area (Å²) in [7, 11) is 0. The van der Waals surface area contributed by atoms with Gasteiger partial charge in [-0.25, -0.2) is 0 Å². The maximum absolute atomic E-state index is 2.73. The zero-order chi connectivity index (χ0) is 10.7. The summed E-state index contributed by atoms with van der Waals surface area (Å²) in [6, 6.07) is 1.63. The second-order valence-corrected chi connectivity index (χ2v) is 6.23. The maximum atomic E-state index is 2.73. The van der Waals surface area contributed by atoms with Crippen LogP contribution in [0.2, 0.25) is 0 Å². The first kappa shape index (κ1) is 11.7. The van der Waals surface area contributed by atoms with Gasteiger partial charge in [-0.05, 0) is 39.8 Å². The van der Waals surface area contributed by atoms with Gasteiger partial charge in [-0.15, -0.1) is 0 Å². The molecule has 0 saturated carbocycles. The van der Waals surface area contributed by atoms with Crippen LogP contribution < -0.4 is 0 Å². The van der Waals surface area contributed by atoms with Gasteiger partial charge in [0.15, 0.2) is 0 Å². The van der Waals surface area contributed by atoms with Gasteiger partial charge in [0.2, 0.25) is 0 Å². The van der Waals surface area contributed by atoms with E-state index in [1.54, 1.807) is 0 Å². The fourth-order valence-electron chi connectivity index (χ4n) is 2.71. The van der Waals surface area contributed by atoms with Gasteiger partial charge in [-0.1, -0.05) is 0 Å². The highest BCUT2D eigenvalue weighted by atomic mass is 32.2. The first-order chi connectivity index (χ1) is 7.27. The molecular weight excluding hydrogens is 204 g/mol. The van der Waals surface area contributed by atoms with Gasteiger partial charge >= 0.3 is 0 Å². The zero-order valence-corrected chi connectivity index (χ0v) is 10.9. The zero-order valence-electron chi connectivity index (χ0n) is 10.1. The Kier molecular flexibility index (Phi) is 4.35. The van der Waals surface area contributed by atoms with Crippen LogP contribution in [0.3, 0.4) is 0 Å². The van der Waals surface area contributed by atoms with Crippen molar-refractivity contribution in [2.75, 3.05) is 37.7 Å². The minimum atomic E-state index is 0.739. The van der Waals surface area contributed by atoms with E-state index < -0.39 is 0 Å². The first-order valence-electron chi connectivity index (χ1n) is 6.33. The molecule has 2 saturated heterocycles. The van der Waals surface area contributed by atoms with E-state index in [9.17, 15) is 0 Å². The molecule has 15 heavy (non-hydrogen) atoms. The second-order valence-electron chi connectivity index (χ2n) is 5.01. The molecule has 0 amide bonds. The Labute approximate surface area is 98.4 Å². The van der Waals surface area contributed by atoms with E-state index in [1.807, 2.05) is 0 Å². The van der Waals surface area contributed by atoms with Crippen LogP contribution in [0.4, 0.5) is 0 Å². The van der Waals surface area contributed by atoms with Gasteiger partial charge in [0.05, 0.1) is 0 Å². The largest absolute Gasteiger partial charge is 0.301 e. The maximum Gasteiger partial charge on any atom is 0.0120 e. The Morgan fingerprint density at radius 3 is 2.13 bits per heavy atom. The number of hydrogen-bond acceptors (Lipinski definition) is 3. The van der Waals surface area contributed by atoms with Crippen molar-refractivity contribution in [3.8, 4) is 0 Å². The van der Waals surface area contributed by atoms with Crippen molar-refractivity contribution >= 4 is 11.8 Å². The number of piperidine rings is 1. The average Bonchev–Trinajstić information content (AvgIpc) is 2.30. The standard InChI is InChI=1S/C12H24N2S/c1-11(2)13-5-3-12(4-6-13)14-7-9-15-10-8-14/h11-12H,3-10H2,1-2H3. The fraction of sp³-hybridized carbons (Fsp3) is 1.00. The molecule has 0 bridgehead atoms. The molecule has 2 heterocycles. The summed E-state index contributed by atoms with van der Waals surface area (Å²) in [5.74, 6) is 2.70. The molecule has 3 heteroatoms. The quantitative estimate of drug-likeness (QED) is 0.713. The lowest BCUT2D eigenvalue weighted by Gasteiger charge is -2.41. The molecule has 88 valence electrons. The summed E-state index contributed by atoms with van der Waals surface area (Å²) in [5.41, 5.74) is 0. The molecule has 2 fully saturated rings. The van der Waals surface area contributed by atoms with Crippen LogP contribution in [0.1, 0.15) is 26.7 Å². The molecule has 0 atom stereocenters. The van der Waals surface area contributed by atoms with Crippen LogP contribution in [0.15, 0.2) is 0 Å². The van der Waals surface area contributed by atoms with Gasteiger partial charge in [0, 0.05) is 36.7 Å². The summed E-state index contributed by atoms with van der Waals surface area (Å²) in [4.78, 5) is 5.35. The Morgan fingerprint density at radius 2 is 1.60 bits per heavy atom. The molecule has 0 aromatic heterocycles. The molecule has 2 rings (SSSR count). The first-order valence-corrected chi connectivity index (χ1v) is 7.48. The highest BCUT2D eigenvalue weighted by Crippen LogP contribution is 2.21. The molecule has 0 radical (unpaired) electrons. The number of thioether (sulfide) groups is 1. The molecule has 0 spiro atoms. The van der Waals surface area contributed by atoms with Crippen LogP contribution in [0.25, 0.3) is 0 Å². The van der Waals surface area contributed by atoms with Gasteiger partial charge in [-0.3, -0.25) is 4.90 Å². The highest BCUT2D eigenvalue weighted by molar-refractivity contribution is 7.99. The molecule has 2 aliphatic rings. The minimum absolute atomic E-state index is 0.739. The molecule has 2 nitrogen and oxygen atoms in total. The van der Waals surface area contributed by atoms with E-state index in [1.165, 1.54) is 50.5 Å². The second kappa shape index (κ2) is 5.55. The van der Waals surface area contributed by atoms with Gasteiger partial charge < -0.3 is 4.90 Å². The van der Waals surface area contributed by atoms with E-state index in [-0.39, 0.29) is 0 Å². The average molecular weight is 228 g/mol. The van der Waals surface area contributed by atoms with E-state index in [0.29, 0.717) is 0 Å². The van der Waals surface area contributed by atoms with E-state index in [4.69, 9.17) is 0 Å². The molecule has 0 aromatic carbocycles. The lowest BCUT2D eigenvalue weighted by atomic mass is 10.0. The molecule has 2 aliphatic heterocycles. The van der Waals surface area contributed by atoms with Crippen LogP contribution in [0.5, 0.6) is 0 Å². The molecule has 0 N–H and O–H groups in total. The van der Waals surface area contributed by atoms with Crippen LogP contribution in [-0.2, 0) is 0 Å². The lowest BCUT2D eigenvalue weighted by Crippen LogP contribution is -2.49. The van der Waals surface area contributed by atoms with Crippen molar-refractivity contribution < 1.29 is 0 Å². The van der Waals surface area contributed by atoms with Crippen LogP contribution in [-0.4, -0.2) is 59.6 Å². The Balaban J connectivity index is 1.77. The van der Waals surface area contributed by atoms with Crippen molar-refractivity contribution in [2.45, 2.75) is 38.8 Å². The molecule has 0 aromatic rings. The van der Waals surface area contributed by atoms with E-state index >= 15 is 0 Å². The molecule has 0 aliphatic carbocycles. The Hall–Kier alpha value is 0.270. The topological polar surface area (TPSA) is 6.48 Å². The van der Waals surface area contributed by atoms with Crippen molar-refractivity contribution in [1.82, 2.24) is 9.80 Å². The summed E-state index contributed by atoms with van der Waals surface area (Å²) in [6.07, 6.45) is 2.78. The Morgan fingerprint density at radius 1 is 1.00 bits per heavy atom. The van der Waals surface area contributed by atoms with Crippen molar-refractivity contribution in [3.05, 3.63) is 0 Å². The third kappa shape index (κ3) is 3.11. The molecule has 0 unspecified atom stereocenters. The fourth-order valence-corrected chi connectivity index (χ4v) is 3.64. The van der Waals surface area contributed by atoms with E-state index in [2.05, 4.69) is 35.4 Å². The number of nitrogens with zero attached hydrogens (tertiary/aromatic N) is 2. The third-order valence-corrected chi connectivity index (χ3v) is 4.73. The van der Waals surface area contributed by atoms with Crippen LogP contribution in [0, 0.1) is 0 Å². The smallest absolute Gasteiger partial charge is 0.0120 e. The van der Waals surface area contributed by atoms with Crippen molar-refractivity contribution in [1.29, 1.82) is 0 Å². The number of likely N-dealkylation sites (tertiary alicyclic amines) is 1. The third-order valence-electron chi connectivity index (χ3n) is 3.79. The van der Waals surface area contributed by atoms with Gasteiger partial charge in [0.25, 0.3) is 0 Å². The monoisotopic (exact) mass is 228 g/mol. The summed E-state index contributed by atoms with van der Waals surface area (Å²) >= 11 is 2.12. The predicted octanol–water partition coefficient (Wildman–Crippen LogP) is 1.91. The number of hydrogen-bond donors (Lipinski definition) is 0. The summed E-state index contributed by atoms with van der Waals surface area (Å²) in [5, 5.41) is 0. The van der Waals surface area contributed by atoms with Crippen molar-refractivity contribution in [3.63, 3.8) is 0 Å². The normalized spacial score (nSPS) is 27.4. The molecular formula is C12H24N2S. The van der Waals surface area contributed by atoms with Gasteiger partial charge in [-0.2, -0.15) is 11.8 Å². The summed E-state index contributed by atoms with van der Waals surface area (Å²) < 4.78 is 0. The Bertz CT molecular complexity index is 182. The lowest BCUT2D eigenvalue weighted by molar-refractivity contribution is 0.0986. The SMILES string of the molecule is CC(C)N1CCC(N2CCSCC2)CC1. The number of rotatable bonds is 2.